The first-order chi connectivity index (χ1) is 9.21. The number of hydrogen-bond acceptors (Lipinski definition) is 4. The van der Waals surface area contributed by atoms with E-state index >= 15 is 0 Å². The summed E-state index contributed by atoms with van der Waals surface area (Å²) >= 11 is 17.6. The molecule has 0 unspecified atom stereocenters. The van der Waals surface area contributed by atoms with Crippen molar-refractivity contribution < 1.29 is 17.9 Å². The van der Waals surface area contributed by atoms with E-state index in [0.717, 1.165) is 18.9 Å². The van der Waals surface area contributed by atoms with Gasteiger partial charge in [0.2, 0.25) is 0 Å². The minimum absolute atomic E-state index is 0.145. The van der Waals surface area contributed by atoms with E-state index in [2.05, 4.69) is 0 Å². The van der Waals surface area contributed by atoms with E-state index < -0.39 is 24.9 Å². The van der Waals surface area contributed by atoms with Crippen LogP contribution in [-0.2, 0) is 13.8 Å². The largest absolute Gasteiger partial charge is 0.462 e. The average Bonchev–Trinajstić information content (AvgIpc) is 3.14. The van der Waals surface area contributed by atoms with Crippen molar-refractivity contribution in [2.24, 2.45) is 5.92 Å². The van der Waals surface area contributed by atoms with Gasteiger partial charge in [0, 0.05) is 10.7 Å². The zero-order chi connectivity index (χ0) is 15.1. The lowest BCUT2D eigenvalue weighted by Gasteiger charge is -2.11. The molecule has 0 heterocycles. The average molecular weight is 378 g/mol. The molecule has 1 saturated carbocycles. The van der Waals surface area contributed by atoms with Crippen LogP contribution in [0.3, 0.4) is 0 Å². The second-order valence-electron chi connectivity index (χ2n) is 4.34. The highest BCUT2D eigenvalue weighted by molar-refractivity contribution is 8.13. The Balaban J connectivity index is 2.44. The van der Waals surface area contributed by atoms with Crippen LogP contribution in [0.25, 0.3) is 0 Å². The monoisotopic (exact) mass is 376 g/mol. The molecule has 9 heteroatoms. The molecule has 0 saturated heterocycles. The predicted octanol–water partition coefficient (Wildman–Crippen LogP) is 4.14. The molecule has 1 aliphatic carbocycles. The van der Waals surface area contributed by atoms with Crippen molar-refractivity contribution in [3.8, 4) is 0 Å². The first kappa shape index (κ1) is 16.2. The summed E-state index contributed by atoms with van der Waals surface area (Å²) in [5, 5.41) is -0.703. The number of hydrogen-bond donors (Lipinski definition) is 0. The van der Waals surface area contributed by atoms with Crippen LogP contribution in [-0.4, -0.2) is 21.0 Å². The molecule has 4 nitrogen and oxygen atoms in total. The van der Waals surface area contributed by atoms with Crippen LogP contribution in [0, 0.1) is 5.92 Å². The predicted molar refractivity (Wildman–Crippen MR) is 77.5 cm³/mol. The first-order valence-corrected chi connectivity index (χ1v) is 8.95. The standard InChI is InChI=1S/C11H8Cl4O4S/c12-6-3-7(20(15,17)18)10(14)8(9(6)13)11(16)19-4-5-1-2-5/h3,5H,1-2,4H2. The lowest BCUT2D eigenvalue weighted by Crippen LogP contribution is -2.10. The van der Waals surface area contributed by atoms with Crippen LogP contribution in [0.5, 0.6) is 0 Å². The summed E-state index contributed by atoms with van der Waals surface area (Å²) in [5.41, 5.74) is -0.291. The molecule has 0 amide bonds. The molecule has 1 aromatic carbocycles. The third-order valence-electron chi connectivity index (χ3n) is 2.74. The van der Waals surface area contributed by atoms with Crippen molar-refractivity contribution in [1.29, 1.82) is 0 Å². The molecule has 2 rings (SSSR count). The van der Waals surface area contributed by atoms with E-state index in [1.807, 2.05) is 0 Å². The van der Waals surface area contributed by atoms with Crippen molar-refractivity contribution in [2.45, 2.75) is 17.7 Å². The molecule has 0 bridgehead atoms. The van der Waals surface area contributed by atoms with Gasteiger partial charge < -0.3 is 4.74 Å². The molecule has 0 N–H and O–H groups in total. The quantitative estimate of drug-likeness (QED) is 0.449. The van der Waals surface area contributed by atoms with E-state index in [4.69, 9.17) is 50.2 Å². The molecule has 0 aliphatic heterocycles. The van der Waals surface area contributed by atoms with E-state index in [9.17, 15) is 13.2 Å². The summed E-state index contributed by atoms with van der Waals surface area (Å²) < 4.78 is 27.8. The number of ether oxygens (including phenoxy) is 1. The first-order valence-electron chi connectivity index (χ1n) is 5.51. The molecule has 1 aliphatic rings. The van der Waals surface area contributed by atoms with Crippen LogP contribution in [0.2, 0.25) is 15.1 Å². The van der Waals surface area contributed by atoms with Crippen LogP contribution in [0.1, 0.15) is 23.2 Å². The van der Waals surface area contributed by atoms with Gasteiger partial charge in [0.25, 0.3) is 9.05 Å². The number of halogens is 4. The van der Waals surface area contributed by atoms with Crippen molar-refractivity contribution in [1.82, 2.24) is 0 Å². The number of rotatable bonds is 4. The summed E-state index contributed by atoms with van der Waals surface area (Å²) in [6, 6.07) is 0.992. The van der Waals surface area contributed by atoms with Crippen LogP contribution >= 0.6 is 45.5 Å². The molecule has 0 radical (unpaired) electrons. The summed E-state index contributed by atoms with van der Waals surface area (Å²) in [6.45, 7) is 0.237. The van der Waals surface area contributed by atoms with Crippen LogP contribution < -0.4 is 0 Å². The van der Waals surface area contributed by atoms with E-state index in [0.29, 0.717) is 5.92 Å². The molecular weight excluding hydrogens is 370 g/mol. The Morgan fingerprint density at radius 3 is 2.35 bits per heavy atom. The maximum atomic E-state index is 12.0. The smallest absolute Gasteiger partial charge is 0.341 e. The number of benzene rings is 1. The normalized spacial score (nSPS) is 15.2. The Morgan fingerprint density at radius 2 is 1.85 bits per heavy atom. The highest BCUT2D eigenvalue weighted by atomic mass is 35.7. The van der Waals surface area contributed by atoms with Gasteiger partial charge in [0.05, 0.1) is 27.2 Å². The SMILES string of the molecule is O=C(OCC1CC1)c1c(Cl)c(Cl)cc(S(=O)(=O)Cl)c1Cl. The lowest BCUT2D eigenvalue weighted by atomic mass is 10.2. The van der Waals surface area contributed by atoms with Crippen molar-refractivity contribution in [3.63, 3.8) is 0 Å². The van der Waals surface area contributed by atoms with Gasteiger partial charge in [-0.2, -0.15) is 0 Å². The van der Waals surface area contributed by atoms with Gasteiger partial charge in [-0.3, -0.25) is 0 Å². The maximum Gasteiger partial charge on any atom is 0.341 e. The van der Waals surface area contributed by atoms with Crippen LogP contribution in [0.15, 0.2) is 11.0 Å². The Hall–Kier alpha value is -0.200. The van der Waals surface area contributed by atoms with Gasteiger partial charge in [-0.1, -0.05) is 34.8 Å². The summed E-state index contributed by atoms with van der Waals surface area (Å²) in [6.07, 6.45) is 1.98. The molecular formula is C11H8Cl4O4S. The van der Waals surface area contributed by atoms with Crippen LogP contribution in [0.4, 0.5) is 0 Å². The van der Waals surface area contributed by atoms with Gasteiger partial charge >= 0.3 is 5.97 Å². The molecule has 110 valence electrons. The fourth-order valence-corrected chi connectivity index (χ4v) is 3.62. The molecule has 1 aromatic rings. The van der Waals surface area contributed by atoms with Crippen molar-refractivity contribution >= 4 is 60.5 Å². The topological polar surface area (TPSA) is 60.4 Å². The molecule has 0 atom stereocenters. The Kier molecular flexibility index (Phi) is 4.76. The number of carbonyl (C=O) groups is 1. The maximum absolute atomic E-state index is 12.0. The van der Waals surface area contributed by atoms with Gasteiger partial charge in [-0.05, 0) is 24.8 Å². The zero-order valence-corrected chi connectivity index (χ0v) is 13.7. The molecule has 20 heavy (non-hydrogen) atoms. The fraction of sp³-hybridized carbons (Fsp3) is 0.364. The second kappa shape index (κ2) is 5.89. The van der Waals surface area contributed by atoms with Gasteiger partial charge in [0.15, 0.2) is 0 Å². The summed E-state index contributed by atoms with van der Waals surface area (Å²) in [4.78, 5) is 11.5. The Bertz CT molecular complexity index is 667. The summed E-state index contributed by atoms with van der Waals surface area (Å²) in [7, 11) is 1.08. The second-order valence-corrected chi connectivity index (χ2v) is 8.04. The van der Waals surface area contributed by atoms with Gasteiger partial charge in [-0.15, -0.1) is 0 Å². The van der Waals surface area contributed by atoms with E-state index in [-0.39, 0.29) is 22.2 Å². The minimum atomic E-state index is -4.16. The minimum Gasteiger partial charge on any atom is -0.462 e. The number of esters is 1. The molecule has 0 spiro atoms. The highest BCUT2D eigenvalue weighted by Gasteiger charge is 2.29. The van der Waals surface area contributed by atoms with E-state index in [1.54, 1.807) is 0 Å². The molecule has 0 aromatic heterocycles. The molecule has 1 fully saturated rings. The number of carbonyl (C=O) groups excluding carboxylic acids is 1. The lowest BCUT2D eigenvalue weighted by molar-refractivity contribution is 0.0486. The highest BCUT2D eigenvalue weighted by Crippen LogP contribution is 2.38. The third kappa shape index (κ3) is 3.52. The van der Waals surface area contributed by atoms with Crippen molar-refractivity contribution in [2.75, 3.05) is 6.61 Å². The Morgan fingerprint density at radius 1 is 1.25 bits per heavy atom. The van der Waals surface area contributed by atoms with Gasteiger partial charge in [-0.25, -0.2) is 13.2 Å². The van der Waals surface area contributed by atoms with Gasteiger partial charge in [0.1, 0.15) is 4.90 Å². The third-order valence-corrected chi connectivity index (χ3v) is 5.37. The van der Waals surface area contributed by atoms with E-state index in [1.165, 1.54) is 0 Å². The fourth-order valence-electron chi connectivity index (χ4n) is 1.49. The summed E-state index contributed by atoms with van der Waals surface area (Å²) in [5.74, 6) is -0.483. The van der Waals surface area contributed by atoms with Crippen molar-refractivity contribution in [3.05, 3.63) is 26.7 Å². The Labute approximate surface area is 135 Å². The zero-order valence-electron chi connectivity index (χ0n) is 9.83.